The number of halogens is 6. The zero-order valence-electron chi connectivity index (χ0n) is 13.9. The van der Waals surface area contributed by atoms with Gasteiger partial charge in [0.25, 0.3) is 5.91 Å². The van der Waals surface area contributed by atoms with E-state index in [9.17, 15) is 31.1 Å². The molecule has 0 saturated heterocycles. The Hall–Kier alpha value is -2.78. The molecular formula is C17H14F6N2O2. The number of ether oxygens (including phenoxy) is 1. The first-order valence-electron chi connectivity index (χ1n) is 7.59. The summed E-state index contributed by atoms with van der Waals surface area (Å²) in [5.74, 6) is -0.954. The second-order valence-electron chi connectivity index (χ2n) is 5.61. The maximum atomic E-state index is 12.8. The molecule has 0 aliphatic rings. The molecule has 0 unspecified atom stereocenters. The normalized spacial score (nSPS) is 13.1. The van der Waals surface area contributed by atoms with Crippen molar-refractivity contribution in [3.63, 3.8) is 0 Å². The van der Waals surface area contributed by atoms with Gasteiger partial charge >= 0.3 is 12.4 Å². The Morgan fingerprint density at radius 1 is 1.15 bits per heavy atom. The molecule has 0 fully saturated rings. The van der Waals surface area contributed by atoms with Crippen LogP contribution >= 0.6 is 0 Å². The number of amides is 1. The molecule has 0 aliphatic heterocycles. The third-order valence-corrected chi connectivity index (χ3v) is 3.44. The van der Waals surface area contributed by atoms with Gasteiger partial charge in [0.15, 0.2) is 6.61 Å². The number of alkyl halides is 6. The van der Waals surface area contributed by atoms with Gasteiger partial charge in [0.2, 0.25) is 5.88 Å². The standard InChI is InChI=1S/C17H14F6N2O2/c1-10(11-3-2-4-13(7-11)17(21,22)23)25-15(26)12-5-6-14(24-8-12)27-9-16(18,19)20/h2-8,10H,9H2,1H3,(H,25,26)/t10-/m1/s1. The summed E-state index contributed by atoms with van der Waals surface area (Å²) in [4.78, 5) is 15.7. The molecule has 1 N–H and O–H groups in total. The smallest absolute Gasteiger partial charge is 0.422 e. The van der Waals surface area contributed by atoms with Gasteiger partial charge < -0.3 is 10.1 Å². The molecule has 27 heavy (non-hydrogen) atoms. The lowest BCUT2D eigenvalue weighted by Gasteiger charge is -2.16. The SMILES string of the molecule is C[C@@H](NC(=O)c1ccc(OCC(F)(F)F)nc1)c1cccc(C(F)(F)F)c1. The van der Waals surface area contributed by atoms with E-state index in [0.29, 0.717) is 0 Å². The van der Waals surface area contributed by atoms with Gasteiger partial charge in [0.1, 0.15) is 0 Å². The molecule has 0 bridgehead atoms. The maximum absolute atomic E-state index is 12.8. The Morgan fingerprint density at radius 2 is 1.85 bits per heavy atom. The van der Waals surface area contributed by atoms with Gasteiger partial charge in [-0.2, -0.15) is 26.3 Å². The molecular weight excluding hydrogens is 378 g/mol. The van der Waals surface area contributed by atoms with Crippen molar-refractivity contribution in [2.75, 3.05) is 6.61 Å². The van der Waals surface area contributed by atoms with E-state index in [1.807, 2.05) is 0 Å². The second-order valence-corrected chi connectivity index (χ2v) is 5.61. The third-order valence-electron chi connectivity index (χ3n) is 3.44. The topological polar surface area (TPSA) is 51.2 Å². The van der Waals surface area contributed by atoms with Crippen LogP contribution in [-0.4, -0.2) is 23.7 Å². The zero-order valence-corrected chi connectivity index (χ0v) is 13.9. The van der Waals surface area contributed by atoms with Crippen LogP contribution in [-0.2, 0) is 6.18 Å². The van der Waals surface area contributed by atoms with E-state index in [0.717, 1.165) is 24.4 Å². The zero-order chi connectivity index (χ0) is 20.2. The van der Waals surface area contributed by atoms with E-state index >= 15 is 0 Å². The molecule has 1 aromatic heterocycles. The Kier molecular flexibility index (Phi) is 5.97. The monoisotopic (exact) mass is 392 g/mol. The van der Waals surface area contributed by atoms with Crippen LogP contribution in [0.15, 0.2) is 42.6 Å². The number of hydrogen-bond donors (Lipinski definition) is 1. The summed E-state index contributed by atoms with van der Waals surface area (Å²) in [6.07, 6.45) is -8.01. The molecule has 2 aromatic rings. The van der Waals surface area contributed by atoms with Gasteiger partial charge in [-0.1, -0.05) is 12.1 Å². The largest absolute Gasteiger partial charge is 0.468 e. The highest BCUT2D eigenvalue weighted by Gasteiger charge is 2.31. The summed E-state index contributed by atoms with van der Waals surface area (Å²) in [6.45, 7) is -0.0141. The highest BCUT2D eigenvalue weighted by atomic mass is 19.4. The van der Waals surface area contributed by atoms with Crippen LogP contribution in [0, 0.1) is 0 Å². The number of aromatic nitrogens is 1. The minimum absolute atomic E-state index is 0.0215. The van der Waals surface area contributed by atoms with Crippen molar-refractivity contribution in [3.05, 3.63) is 59.3 Å². The average Bonchev–Trinajstić information content (AvgIpc) is 2.59. The summed E-state index contributed by atoms with van der Waals surface area (Å²) in [6, 6.07) is 6.07. The molecule has 146 valence electrons. The fourth-order valence-corrected chi connectivity index (χ4v) is 2.10. The van der Waals surface area contributed by atoms with E-state index in [4.69, 9.17) is 0 Å². The lowest BCUT2D eigenvalue weighted by atomic mass is 10.0. The predicted octanol–water partition coefficient (Wildman–Crippen LogP) is 4.53. The summed E-state index contributed by atoms with van der Waals surface area (Å²) in [5, 5.41) is 2.50. The van der Waals surface area contributed by atoms with Crippen LogP contribution in [0.25, 0.3) is 0 Å². The molecule has 4 nitrogen and oxygen atoms in total. The van der Waals surface area contributed by atoms with Gasteiger partial charge in [0.05, 0.1) is 17.2 Å². The van der Waals surface area contributed by atoms with E-state index in [2.05, 4.69) is 15.0 Å². The number of hydrogen-bond acceptors (Lipinski definition) is 3. The molecule has 10 heteroatoms. The number of carbonyl (C=O) groups is 1. The van der Waals surface area contributed by atoms with Crippen molar-refractivity contribution in [1.82, 2.24) is 10.3 Å². The van der Waals surface area contributed by atoms with Crippen LogP contribution in [0.5, 0.6) is 5.88 Å². The lowest BCUT2D eigenvalue weighted by molar-refractivity contribution is -0.154. The van der Waals surface area contributed by atoms with Crippen LogP contribution < -0.4 is 10.1 Å². The molecule has 1 atom stereocenters. The fraction of sp³-hybridized carbons (Fsp3) is 0.294. The molecule has 0 saturated carbocycles. The second kappa shape index (κ2) is 7.85. The van der Waals surface area contributed by atoms with Gasteiger partial charge in [-0.25, -0.2) is 4.98 Å². The molecule has 0 radical (unpaired) electrons. The Morgan fingerprint density at radius 3 is 2.41 bits per heavy atom. The molecule has 0 spiro atoms. The molecule has 0 aliphatic carbocycles. The number of rotatable bonds is 5. The first-order valence-corrected chi connectivity index (χ1v) is 7.59. The molecule has 2 rings (SSSR count). The van der Waals surface area contributed by atoms with Gasteiger partial charge in [-0.05, 0) is 30.7 Å². The van der Waals surface area contributed by atoms with Crippen LogP contribution in [0.1, 0.15) is 34.5 Å². The van der Waals surface area contributed by atoms with Crippen molar-refractivity contribution in [1.29, 1.82) is 0 Å². The lowest BCUT2D eigenvalue weighted by Crippen LogP contribution is -2.27. The van der Waals surface area contributed by atoms with Crippen molar-refractivity contribution in [2.45, 2.75) is 25.3 Å². The van der Waals surface area contributed by atoms with E-state index in [1.54, 1.807) is 0 Å². The predicted molar refractivity (Wildman–Crippen MR) is 83.1 cm³/mol. The fourth-order valence-electron chi connectivity index (χ4n) is 2.10. The summed E-state index contributed by atoms with van der Waals surface area (Å²) in [5.41, 5.74) is -0.571. The first kappa shape index (κ1) is 20.5. The Balaban J connectivity index is 2.02. The van der Waals surface area contributed by atoms with Crippen LogP contribution in [0.3, 0.4) is 0 Å². The number of pyridine rings is 1. The number of nitrogens with zero attached hydrogens (tertiary/aromatic N) is 1. The minimum atomic E-state index is -4.52. The maximum Gasteiger partial charge on any atom is 0.422 e. The minimum Gasteiger partial charge on any atom is -0.468 e. The Labute approximate surface area is 150 Å². The van der Waals surface area contributed by atoms with Crippen molar-refractivity contribution in [3.8, 4) is 5.88 Å². The number of carbonyl (C=O) groups excluding carboxylic acids is 1. The highest BCUT2D eigenvalue weighted by Crippen LogP contribution is 2.30. The third kappa shape index (κ3) is 6.15. The summed E-state index contributed by atoms with van der Waals surface area (Å²) < 4.78 is 78.9. The van der Waals surface area contributed by atoms with Gasteiger partial charge in [-0.3, -0.25) is 4.79 Å². The van der Waals surface area contributed by atoms with Crippen LogP contribution in [0.4, 0.5) is 26.3 Å². The molecule has 1 heterocycles. The Bertz CT molecular complexity index is 787. The van der Waals surface area contributed by atoms with Crippen LogP contribution in [0.2, 0.25) is 0 Å². The molecule has 1 amide bonds. The summed E-state index contributed by atoms with van der Waals surface area (Å²) in [7, 11) is 0. The first-order chi connectivity index (χ1) is 12.5. The van der Waals surface area contributed by atoms with Crippen molar-refractivity contribution >= 4 is 5.91 Å². The molecule has 1 aromatic carbocycles. The van der Waals surface area contributed by atoms with Gasteiger partial charge in [-0.15, -0.1) is 0 Å². The number of benzene rings is 1. The van der Waals surface area contributed by atoms with Gasteiger partial charge in [0, 0.05) is 12.3 Å². The van der Waals surface area contributed by atoms with Crippen molar-refractivity contribution in [2.24, 2.45) is 0 Å². The highest BCUT2D eigenvalue weighted by molar-refractivity contribution is 5.94. The summed E-state index contributed by atoms with van der Waals surface area (Å²) >= 11 is 0. The van der Waals surface area contributed by atoms with E-state index < -0.39 is 36.5 Å². The average molecular weight is 392 g/mol. The number of nitrogens with one attached hydrogen (secondary N) is 1. The van der Waals surface area contributed by atoms with E-state index in [-0.39, 0.29) is 17.0 Å². The van der Waals surface area contributed by atoms with Crippen molar-refractivity contribution < 1.29 is 35.9 Å². The van der Waals surface area contributed by atoms with E-state index in [1.165, 1.54) is 25.1 Å². The quantitative estimate of drug-likeness (QED) is 0.761.